The smallest absolute Gasteiger partial charge is 0.266 e. The quantitative estimate of drug-likeness (QED) is 0.570. The van der Waals surface area contributed by atoms with Crippen molar-refractivity contribution in [2.45, 2.75) is 6.04 Å². The minimum Gasteiger partial charge on any atom is -0.266 e. The number of nitrogens with one attached hydrogen (secondary N) is 3. The van der Waals surface area contributed by atoms with E-state index in [2.05, 4.69) is 38.6 Å². The van der Waals surface area contributed by atoms with Crippen LogP contribution in [0, 0.1) is 5.92 Å². The SMILES string of the molecule is Cn1nccc1C(=O)N/N=C/C1CNNC1c1ccccc1. The fourth-order valence-corrected chi connectivity index (χ4v) is 2.49. The monoisotopic (exact) mass is 298 g/mol. The molecule has 1 amide bonds. The lowest BCUT2D eigenvalue weighted by Crippen LogP contribution is -2.25. The highest BCUT2D eigenvalue weighted by atomic mass is 16.2. The van der Waals surface area contributed by atoms with Gasteiger partial charge in [0.2, 0.25) is 0 Å². The van der Waals surface area contributed by atoms with Gasteiger partial charge in [-0.3, -0.25) is 14.9 Å². The van der Waals surface area contributed by atoms with E-state index in [1.165, 1.54) is 10.2 Å². The van der Waals surface area contributed by atoms with E-state index in [1.54, 1.807) is 25.5 Å². The van der Waals surface area contributed by atoms with Crippen molar-refractivity contribution >= 4 is 12.1 Å². The molecule has 0 radical (unpaired) electrons. The molecule has 1 aliphatic heterocycles. The Morgan fingerprint density at radius 2 is 2.23 bits per heavy atom. The average Bonchev–Trinajstić information content (AvgIpc) is 3.17. The van der Waals surface area contributed by atoms with Gasteiger partial charge in [0, 0.05) is 31.9 Å². The summed E-state index contributed by atoms with van der Waals surface area (Å²) in [5.74, 6) is -0.110. The van der Waals surface area contributed by atoms with Crippen LogP contribution < -0.4 is 16.3 Å². The number of hydrogen-bond acceptors (Lipinski definition) is 5. The first-order valence-corrected chi connectivity index (χ1v) is 7.10. The second-order valence-corrected chi connectivity index (χ2v) is 5.14. The summed E-state index contributed by atoms with van der Waals surface area (Å²) in [4.78, 5) is 11.9. The summed E-state index contributed by atoms with van der Waals surface area (Å²) in [6.07, 6.45) is 3.34. The van der Waals surface area contributed by atoms with Crippen molar-refractivity contribution in [2.24, 2.45) is 18.1 Å². The lowest BCUT2D eigenvalue weighted by molar-refractivity contribution is 0.0945. The predicted molar refractivity (Wildman–Crippen MR) is 83.0 cm³/mol. The normalized spacial score (nSPS) is 21.3. The molecule has 7 heteroatoms. The summed E-state index contributed by atoms with van der Waals surface area (Å²) < 4.78 is 1.51. The molecule has 2 aromatic rings. The molecule has 1 aliphatic rings. The van der Waals surface area contributed by atoms with E-state index in [9.17, 15) is 4.79 Å². The zero-order valence-corrected chi connectivity index (χ0v) is 12.2. The van der Waals surface area contributed by atoms with Crippen LogP contribution in [-0.2, 0) is 7.05 Å². The van der Waals surface area contributed by atoms with Crippen LogP contribution in [0.3, 0.4) is 0 Å². The van der Waals surface area contributed by atoms with Gasteiger partial charge in [-0.2, -0.15) is 10.2 Å². The molecule has 2 unspecified atom stereocenters. The summed E-state index contributed by atoms with van der Waals surface area (Å²) in [6, 6.07) is 11.9. The van der Waals surface area contributed by atoms with E-state index >= 15 is 0 Å². The zero-order chi connectivity index (χ0) is 15.4. The van der Waals surface area contributed by atoms with E-state index in [0.717, 1.165) is 6.54 Å². The minimum atomic E-state index is -0.272. The maximum absolute atomic E-state index is 11.9. The van der Waals surface area contributed by atoms with E-state index in [0.29, 0.717) is 5.69 Å². The topological polar surface area (TPSA) is 83.3 Å². The molecule has 22 heavy (non-hydrogen) atoms. The van der Waals surface area contributed by atoms with Crippen molar-refractivity contribution in [3.8, 4) is 0 Å². The molecule has 0 bridgehead atoms. The van der Waals surface area contributed by atoms with Crippen molar-refractivity contribution in [3.63, 3.8) is 0 Å². The van der Waals surface area contributed by atoms with Crippen LogP contribution in [0.2, 0.25) is 0 Å². The van der Waals surface area contributed by atoms with Crippen molar-refractivity contribution < 1.29 is 4.79 Å². The molecule has 3 N–H and O–H groups in total. The Hall–Kier alpha value is -2.51. The first kappa shape index (κ1) is 14.4. The Morgan fingerprint density at radius 1 is 1.41 bits per heavy atom. The molecule has 0 saturated carbocycles. The lowest BCUT2D eigenvalue weighted by atomic mass is 9.96. The number of benzene rings is 1. The van der Waals surface area contributed by atoms with Gasteiger partial charge in [-0.25, -0.2) is 10.9 Å². The van der Waals surface area contributed by atoms with Crippen LogP contribution >= 0.6 is 0 Å². The third kappa shape index (κ3) is 3.05. The number of aromatic nitrogens is 2. The highest BCUT2D eigenvalue weighted by Gasteiger charge is 2.26. The number of hydrazone groups is 1. The van der Waals surface area contributed by atoms with Gasteiger partial charge < -0.3 is 0 Å². The van der Waals surface area contributed by atoms with Gasteiger partial charge in [-0.1, -0.05) is 30.3 Å². The number of nitrogens with zero attached hydrogens (tertiary/aromatic N) is 3. The van der Waals surface area contributed by atoms with Gasteiger partial charge in [-0.15, -0.1) is 0 Å². The molecule has 0 spiro atoms. The lowest BCUT2D eigenvalue weighted by Gasteiger charge is -2.14. The van der Waals surface area contributed by atoms with Crippen molar-refractivity contribution in [1.82, 2.24) is 26.1 Å². The second-order valence-electron chi connectivity index (χ2n) is 5.14. The fraction of sp³-hybridized carbons (Fsp3) is 0.267. The number of hydrogen-bond donors (Lipinski definition) is 3. The van der Waals surface area contributed by atoms with Gasteiger partial charge >= 0.3 is 0 Å². The Kier molecular flexibility index (Phi) is 4.27. The van der Waals surface area contributed by atoms with Crippen LogP contribution in [0.5, 0.6) is 0 Å². The molecule has 2 atom stereocenters. The molecule has 2 heterocycles. The Morgan fingerprint density at radius 3 is 2.95 bits per heavy atom. The molecule has 7 nitrogen and oxygen atoms in total. The summed E-state index contributed by atoms with van der Waals surface area (Å²) >= 11 is 0. The highest BCUT2D eigenvalue weighted by molar-refractivity contribution is 5.92. The van der Waals surface area contributed by atoms with Gasteiger partial charge in [-0.05, 0) is 11.6 Å². The maximum atomic E-state index is 11.9. The second kappa shape index (κ2) is 6.50. The van der Waals surface area contributed by atoms with Crippen molar-refractivity contribution in [1.29, 1.82) is 0 Å². The number of rotatable bonds is 4. The van der Waals surface area contributed by atoms with Crippen molar-refractivity contribution in [2.75, 3.05) is 6.54 Å². The van der Waals surface area contributed by atoms with Crippen LogP contribution in [0.4, 0.5) is 0 Å². The van der Waals surface area contributed by atoms with E-state index in [4.69, 9.17) is 0 Å². The highest BCUT2D eigenvalue weighted by Crippen LogP contribution is 2.22. The Bertz CT molecular complexity index is 666. The Balaban J connectivity index is 1.62. The van der Waals surface area contributed by atoms with E-state index in [1.807, 2.05) is 18.2 Å². The third-order valence-corrected chi connectivity index (χ3v) is 3.67. The molecule has 3 rings (SSSR count). The summed E-state index contributed by atoms with van der Waals surface area (Å²) in [7, 11) is 1.72. The van der Waals surface area contributed by atoms with Crippen LogP contribution in [0.25, 0.3) is 0 Å². The van der Waals surface area contributed by atoms with E-state index < -0.39 is 0 Å². The third-order valence-electron chi connectivity index (χ3n) is 3.67. The number of carbonyl (C=O) groups excluding carboxylic acids is 1. The molecule has 1 aromatic carbocycles. The maximum Gasteiger partial charge on any atom is 0.289 e. The van der Waals surface area contributed by atoms with Crippen molar-refractivity contribution in [3.05, 3.63) is 53.9 Å². The minimum absolute atomic E-state index is 0.138. The summed E-state index contributed by atoms with van der Waals surface area (Å²) in [5.41, 5.74) is 10.6. The fourth-order valence-electron chi connectivity index (χ4n) is 2.49. The molecule has 0 aliphatic carbocycles. The number of amides is 1. The average molecular weight is 298 g/mol. The van der Waals surface area contributed by atoms with Gasteiger partial charge in [0.25, 0.3) is 5.91 Å². The largest absolute Gasteiger partial charge is 0.289 e. The zero-order valence-electron chi connectivity index (χ0n) is 12.2. The standard InChI is InChI=1S/C15H18N6O/c1-21-13(7-8-18-21)15(22)20-17-10-12-9-16-19-14(12)11-5-3-2-4-6-11/h2-8,10,12,14,16,19H,9H2,1H3,(H,20,22)/b17-10+. The summed E-state index contributed by atoms with van der Waals surface area (Å²) in [5, 5.41) is 8.04. The number of aryl methyl sites for hydroxylation is 1. The molecular formula is C15H18N6O. The van der Waals surface area contributed by atoms with Crippen LogP contribution in [0.1, 0.15) is 22.1 Å². The Labute approximate surface area is 128 Å². The first-order valence-electron chi connectivity index (χ1n) is 7.10. The predicted octanol–water partition coefficient (Wildman–Crippen LogP) is 0.601. The number of hydrazine groups is 1. The molecule has 1 saturated heterocycles. The summed E-state index contributed by atoms with van der Waals surface area (Å²) in [6.45, 7) is 0.755. The molecule has 114 valence electrons. The number of carbonyl (C=O) groups is 1. The van der Waals surface area contributed by atoms with E-state index in [-0.39, 0.29) is 17.9 Å². The van der Waals surface area contributed by atoms with Gasteiger partial charge in [0.1, 0.15) is 5.69 Å². The molecule has 1 aromatic heterocycles. The molecule has 1 fully saturated rings. The van der Waals surface area contributed by atoms with Gasteiger partial charge in [0.15, 0.2) is 0 Å². The van der Waals surface area contributed by atoms with Crippen LogP contribution in [-0.4, -0.2) is 28.4 Å². The first-order chi connectivity index (χ1) is 10.8. The molecular weight excluding hydrogens is 280 g/mol. The van der Waals surface area contributed by atoms with Gasteiger partial charge in [0.05, 0.1) is 6.04 Å². The van der Waals surface area contributed by atoms with Crippen LogP contribution in [0.15, 0.2) is 47.7 Å².